The fourth-order valence-corrected chi connectivity index (χ4v) is 1.24. The second-order valence-electron chi connectivity index (χ2n) is 2.99. The zero-order valence-corrected chi connectivity index (χ0v) is 5.98. The second-order valence-corrected chi connectivity index (χ2v) is 2.99. The van der Waals surface area contributed by atoms with Gasteiger partial charge < -0.3 is 5.32 Å². The first kappa shape index (κ1) is 6.59. The number of carbonyl (C=O) groups is 1. The van der Waals surface area contributed by atoms with Gasteiger partial charge in [-0.05, 0) is 12.3 Å². The van der Waals surface area contributed by atoms with E-state index in [4.69, 9.17) is 0 Å². The Morgan fingerprint density at radius 1 is 1.56 bits per heavy atom. The predicted octanol–water partition coefficient (Wildman–Crippen LogP) is 0.778. The van der Waals surface area contributed by atoms with Gasteiger partial charge in [-0.15, -0.1) is 0 Å². The molecule has 52 valence electrons. The van der Waals surface area contributed by atoms with Crippen LogP contribution >= 0.6 is 0 Å². The van der Waals surface area contributed by atoms with Gasteiger partial charge in [0, 0.05) is 12.5 Å². The Balaban J connectivity index is 2.44. The normalized spacial score (nSPS) is 36.0. The maximum atomic E-state index is 10.8. The lowest BCUT2D eigenvalue weighted by Gasteiger charge is -2.23. The summed E-state index contributed by atoms with van der Waals surface area (Å²) in [7, 11) is 0. The maximum Gasteiger partial charge on any atom is 0.222 e. The Labute approximate surface area is 55.6 Å². The lowest BCUT2D eigenvalue weighted by molar-refractivity contribution is -0.126. The molecule has 0 aromatic carbocycles. The Morgan fingerprint density at radius 3 is 2.67 bits per heavy atom. The predicted molar refractivity (Wildman–Crippen MR) is 36.0 cm³/mol. The van der Waals surface area contributed by atoms with Gasteiger partial charge in [-0.1, -0.05) is 13.8 Å². The van der Waals surface area contributed by atoms with Gasteiger partial charge in [0.25, 0.3) is 0 Å². The Hall–Kier alpha value is -0.530. The molecule has 0 radical (unpaired) electrons. The molecule has 0 spiro atoms. The molecule has 1 amide bonds. The van der Waals surface area contributed by atoms with E-state index in [2.05, 4.69) is 12.2 Å². The maximum absolute atomic E-state index is 10.8. The number of nitrogens with one attached hydrogen (secondary N) is 1. The van der Waals surface area contributed by atoms with Crippen molar-refractivity contribution in [3.05, 3.63) is 0 Å². The van der Waals surface area contributed by atoms with Crippen LogP contribution in [0, 0.1) is 11.8 Å². The summed E-state index contributed by atoms with van der Waals surface area (Å²) < 4.78 is 0. The molecule has 0 aromatic rings. The van der Waals surface area contributed by atoms with Gasteiger partial charge in [0.2, 0.25) is 5.91 Å². The number of piperidine rings is 1. The highest BCUT2D eigenvalue weighted by Gasteiger charge is 2.21. The summed E-state index contributed by atoms with van der Waals surface area (Å²) >= 11 is 0. The Kier molecular flexibility index (Phi) is 1.74. The molecular formula is C7H13NO. The number of carbonyl (C=O) groups excluding carboxylic acids is 1. The lowest BCUT2D eigenvalue weighted by atomic mass is 9.93. The van der Waals surface area contributed by atoms with E-state index in [1.807, 2.05) is 6.92 Å². The van der Waals surface area contributed by atoms with Crippen molar-refractivity contribution >= 4 is 5.91 Å². The van der Waals surface area contributed by atoms with Gasteiger partial charge in [-0.2, -0.15) is 0 Å². The highest BCUT2D eigenvalue weighted by Crippen LogP contribution is 2.15. The monoisotopic (exact) mass is 127 g/mol. The topological polar surface area (TPSA) is 29.1 Å². The van der Waals surface area contributed by atoms with Crippen LogP contribution in [0.25, 0.3) is 0 Å². The molecule has 1 saturated heterocycles. The average Bonchev–Trinajstić information content (AvgIpc) is 1.80. The van der Waals surface area contributed by atoms with Crippen molar-refractivity contribution in [3.63, 3.8) is 0 Å². The number of hydrogen-bond acceptors (Lipinski definition) is 1. The smallest absolute Gasteiger partial charge is 0.222 e. The molecule has 1 rings (SSSR count). The number of rotatable bonds is 0. The van der Waals surface area contributed by atoms with E-state index in [0.717, 1.165) is 13.0 Å². The Bertz CT molecular complexity index is 122. The molecule has 2 heteroatoms. The van der Waals surface area contributed by atoms with E-state index in [1.54, 1.807) is 0 Å². The summed E-state index contributed by atoms with van der Waals surface area (Å²) in [6.07, 6.45) is 1.05. The summed E-state index contributed by atoms with van der Waals surface area (Å²) in [4.78, 5) is 10.8. The van der Waals surface area contributed by atoms with Crippen molar-refractivity contribution < 1.29 is 4.79 Å². The minimum absolute atomic E-state index is 0.216. The van der Waals surface area contributed by atoms with Crippen molar-refractivity contribution in [1.82, 2.24) is 5.32 Å². The highest BCUT2D eigenvalue weighted by atomic mass is 16.1. The van der Waals surface area contributed by atoms with Crippen molar-refractivity contribution in [2.24, 2.45) is 11.8 Å². The average molecular weight is 127 g/mol. The molecule has 1 fully saturated rings. The molecule has 0 aliphatic carbocycles. The van der Waals surface area contributed by atoms with Gasteiger partial charge in [0.05, 0.1) is 0 Å². The largest absolute Gasteiger partial charge is 0.356 e. The van der Waals surface area contributed by atoms with Crippen LogP contribution in [0.1, 0.15) is 20.3 Å². The summed E-state index contributed by atoms with van der Waals surface area (Å²) in [5.74, 6) is 1.11. The van der Waals surface area contributed by atoms with Crippen molar-refractivity contribution in [2.45, 2.75) is 20.3 Å². The highest BCUT2D eigenvalue weighted by molar-refractivity contribution is 5.78. The molecule has 9 heavy (non-hydrogen) atoms. The molecule has 0 bridgehead atoms. The first-order chi connectivity index (χ1) is 4.20. The van der Waals surface area contributed by atoms with Crippen molar-refractivity contribution in [2.75, 3.05) is 6.54 Å². The van der Waals surface area contributed by atoms with Gasteiger partial charge in [0.1, 0.15) is 0 Å². The lowest BCUT2D eigenvalue weighted by Crippen LogP contribution is -2.39. The zero-order valence-electron chi connectivity index (χ0n) is 5.98. The summed E-state index contributed by atoms with van der Waals surface area (Å²) in [5, 5.41) is 2.84. The first-order valence-corrected chi connectivity index (χ1v) is 3.48. The molecule has 2 atom stereocenters. The molecule has 0 aromatic heterocycles. The van der Waals surface area contributed by atoms with Crippen LogP contribution in [0.4, 0.5) is 0 Å². The third-order valence-electron chi connectivity index (χ3n) is 1.83. The second kappa shape index (κ2) is 2.38. The molecule has 2 nitrogen and oxygen atoms in total. The van der Waals surface area contributed by atoms with Gasteiger partial charge >= 0.3 is 0 Å². The van der Waals surface area contributed by atoms with Crippen LogP contribution in [-0.2, 0) is 4.79 Å². The van der Waals surface area contributed by atoms with Crippen LogP contribution in [0.5, 0.6) is 0 Å². The van der Waals surface area contributed by atoms with Crippen LogP contribution in [0.3, 0.4) is 0 Å². The zero-order chi connectivity index (χ0) is 6.85. The Morgan fingerprint density at radius 2 is 2.22 bits per heavy atom. The number of hydrogen-bond donors (Lipinski definition) is 1. The van der Waals surface area contributed by atoms with E-state index in [1.165, 1.54) is 0 Å². The van der Waals surface area contributed by atoms with Gasteiger partial charge in [-0.3, -0.25) is 4.79 Å². The SMILES string of the molecule is C[C@@H]1CNC(=O)[C@@H](C)C1. The van der Waals surface area contributed by atoms with Crippen molar-refractivity contribution in [3.8, 4) is 0 Å². The van der Waals surface area contributed by atoms with Crippen LogP contribution in [-0.4, -0.2) is 12.5 Å². The molecule has 0 unspecified atom stereocenters. The third kappa shape index (κ3) is 1.44. The minimum atomic E-state index is 0.216. The molecule has 1 aliphatic rings. The first-order valence-electron chi connectivity index (χ1n) is 3.48. The van der Waals surface area contributed by atoms with E-state index < -0.39 is 0 Å². The fraction of sp³-hybridized carbons (Fsp3) is 0.857. The molecule has 1 N–H and O–H groups in total. The molecule has 0 saturated carbocycles. The molecular weight excluding hydrogens is 114 g/mol. The van der Waals surface area contributed by atoms with Crippen LogP contribution < -0.4 is 5.32 Å². The van der Waals surface area contributed by atoms with Gasteiger partial charge in [-0.25, -0.2) is 0 Å². The van der Waals surface area contributed by atoms with E-state index in [-0.39, 0.29) is 11.8 Å². The summed E-state index contributed by atoms with van der Waals surface area (Å²) in [5.41, 5.74) is 0. The quantitative estimate of drug-likeness (QED) is 0.512. The standard InChI is InChI=1S/C7H13NO/c1-5-3-6(2)7(9)8-4-5/h5-6H,3-4H2,1-2H3,(H,8,9)/t5-,6-/m0/s1. The van der Waals surface area contributed by atoms with E-state index >= 15 is 0 Å². The van der Waals surface area contributed by atoms with Crippen LogP contribution in [0.2, 0.25) is 0 Å². The van der Waals surface area contributed by atoms with Gasteiger partial charge in [0.15, 0.2) is 0 Å². The number of amides is 1. The van der Waals surface area contributed by atoms with E-state index in [9.17, 15) is 4.79 Å². The molecule has 1 aliphatic heterocycles. The summed E-state index contributed by atoms with van der Waals surface area (Å²) in [6, 6.07) is 0. The summed E-state index contributed by atoms with van der Waals surface area (Å²) in [6.45, 7) is 5.00. The molecule has 1 heterocycles. The van der Waals surface area contributed by atoms with E-state index in [0.29, 0.717) is 5.92 Å². The van der Waals surface area contributed by atoms with Crippen molar-refractivity contribution in [1.29, 1.82) is 0 Å². The third-order valence-corrected chi connectivity index (χ3v) is 1.83. The van der Waals surface area contributed by atoms with Crippen LogP contribution in [0.15, 0.2) is 0 Å². The fourth-order valence-electron chi connectivity index (χ4n) is 1.24. The minimum Gasteiger partial charge on any atom is -0.356 e.